The van der Waals surface area contributed by atoms with E-state index in [-0.39, 0.29) is 11.8 Å². The molecule has 0 spiro atoms. The number of para-hydroxylation sites is 1. The fourth-order valence-electron chi connectivity index (χ4n) is 2.75. The number of benzene rings is 2. The van der Waals surface area contributed by atoms with Crippen molar-refractivity contribution in [3.8, 4) is 5.75 Å². The van der Waals surface area contributed by atoms with Crippen LogP contribution >= 0.6 is 11.6 Å². The predicted molar refractivity (Wildman–Crippen MR) is 114 cm³/mol. The number of hydrogen-bond donors (Lipinski definition) is 2. The second-order valence-corrected chi connectivity index (χ2v) is 7.05. The first-order valence-electron chi connectivity index (χ1n) is 9.13. The van der Waals surface area contributed by atoms with Gasteiger partial charge in [0.25, 0.3) is 11.8 Å². The van der Waals surface area contributed by atoms with Crippen LogP contribution in [0.25, 0.3) is 0 Å². The van der Waals surface area contributed by atoms with Gasteiger partial charge in [0.2, 0.25) is 0 Å². The Balaban J connectivity index is 1.60. The normalized spacial score (nSPS) is 11.6. The van der Waals surface area contributed by atoms with Crippen molar-refractivity contribution in [2.24, 2.45) is 0 Å². The third-order valence-corrected chi connectivity index (χ3v) is 4.74. The van der Waals surface area contributed by atoms with Crippen molar-refractivity contribution in [1.29, 1.82) is 0 Å². The summed E-state index contributed by atoms with van der Waals surface area (Å²) >= 11 is 6.06. The Labute approximate surface area is 174 Å². The van der Waals surface area contributed by atoms with Gasteiger partial charge in [-0.15, -0.1) is 0 Å². The maximum absolute atomic E-state index is 12.4. The molecule has 0 radical (unpaired) electrons. The molecule has 0 bridgehead atoms. The van der Waals surface area contributed by atoms with E-state index in [4.69, 9.17) is 16.3 Å². The number of aromatic nitrogens is 1. The maximum Gasteiger partial charge on any atom is 0.270 e. The summed E-state index contributed by atoms with van der Waals surface area (Å²) < 4.78 is 7.41. The molecule has 7 heteroatoms. The smallest absolute Gasteiger partial charge is 0.270 e. The van der Waals surface area contributed by atoms with Crippen LogP contribution in [0.1, 0.15) is 28.7 Å². The highest BCUT2D eigenvalue weighted by molar-refractivity contribution is 6.33. The van der Waals surface area contributed by atoms with Crippen LogP contribution in [-0.4, -0.2) is 22.6 Å². The molecule has 150 valence electrons. The molecule has 3 aromatic rings. The number of nitrogens with zero attached hydrogens (tertiary/aromatic N) is 1. The molecule has 2 N–H and O–H groups in total. The Morgan fingerprint density at radius 3 is 2.21 bits per heavy atom. The molecule has 0 fully saturated rings. The highest BCUT2D eigenvalue weighted by Gasteiger charge is 2.16. The zero-order valence-corrected chi connectivity index (χ0v) is 17.2. The van der Waals surface area contributed by atoms with Crippen LogP contribution in [0.5, 0.6) is 5.75 Å². The minimum atomic E-state index is -0.740. The van der Waals surface area contributed by atoms with Crippen molar-refractivity contribution >= 4 is 29.1 Å². The predicted octanol–water partition coefficient (Wildman–Crippen LogP) is 4.55. The lowest BCUT2D eigenvalue weighted by Gasteiger charge is -2.16. The number of carbonyl (C=O) groups excluding carboxylic acids is 2. The van der Waals surface area contributed by atoms with Crippen LogP contribution in [0.15, 0.2) is 60.7 Å². The Morgan fingerprint density at radius 1 is 0.966 bits per heavy atom. The Hall–Kier alpha value is -3.25. The summed E-state index contributed by atoms with van der Waals surface area (Å²) in [6.45, 7) is 5.48. The molecule has 29 heavy (non-hydrogen) atoms. The van der Waals surface area contributed by atoms with Crippen LogP contribution in [0, 0.1) is 13.8 Å². The first kappa shape index (κ1) is 20.5. The average Bonchev–Trinajstić information content (AvgIpc) is 3.02. The van der Waals surface area contributed by atoms with Crippen LogP contribution in [0.3, 0.4) is 0 Å². The molecule has 2 aromatic carbocycles. The number of ether oxygens (including phenoxy) is 1. The second-order valence-electron chi connectivity index (χ2n) is 6.65. The number of aryl methyl sites for hydroxylation is 2. The van der Waals surface area contributed by atoms with Crippen molar-refractivity contribution in [2.75, 3.05) is 10.7 Å². The molecule has 1 aromatic heterocycles. The first-order chi connectivity index (χ1) is 13.8. The van der Waals surface area contributed by atoms with E-state index in [1.807, 2.05) is 26.0 Å². The molecule has 0 saturated carbocycles. The van der Waals surface area contributed by atoms with Crippen molar-refractivity contribution in [1.82, 2.24) is 4.68 Å². The van der Waals surface area contributed by atoms with Gasteiger partial charge in [-0.25, -0.2) is 0 Å². The zero-order chi connectivity index (χ0) is 21.0. The quantitative estimate of drug-likeness (QED) is 0.625. The van der Waals surface area contributed by atoms with Crippen molar-refractivity contribution in [2.45, 2.75) is 26.9 Å². The lowest BCUT2D eigenvalue weighted by Crippen LogP contribution is -2.30. The van der Waals surface area contributed by atoms with E-state index in [9.17, 15) is 9.59 Å². The molecule has 0 aliphatic carbocycles. The third kappa shape index (κ3) is 4.97. The Kier molecular flexibility index (Phi) is 6.24. The van der Waals surface area contributed by atoms with E-state index < -0.39 is 6.10 Å². The summed E-state index contributed by atoms with van der Waals surface area (Å²) in [5, 5.41) is 3.19. The molecule has 6 nitrogen and oxygen atoms in total. The van der Waals surface area contributed by atoms with Gasteiger partial charge in [-0.05, 0) is 69.3 Å². The van der Waals surface area contributed by atoms with Gasteiger partial charge in [0.05, 0.1) is 10.7 Å². The SMILES string of the molecule is Cc1ccc(C)n1NC(=O)c1ccc(OC(C)C(=O)Nc2ccccc2Cl)cc1. The zero-order valence-electron chi connectivity index (χ0n) is 16.4. The van der Waals surface area contributed by atoms with Crippen LogP contribution in [0.4, 0.5) is 5.69 Å². The van der Waals surface area contributed by atoms with E-state index in [2.05, 4.69) is 10.7 Å². The minimum Gasteiger partial charge on any atom is -0.481 e. The molecule has 1 atom stereocenters. The van der Waals surface area contributed by atoms with Gasteiger partial charge in [-0.1, -0.05) is 23.7 Å². The number of hydrogen-bond acceptors (Lipinski definition) is 3. The van der Waals surface area contributed by atoms with Gasteiger partial charge < -0.3 is 10.1 Å². The molecule has 3 rings (SSSR count). The summed E-state index contributed by atoms with van der Waals surface area (Å²) in [6.07, 6.45) is -0.740. The van der Waals surface area contributed by atoms with Crippen molar-refractivity contribution in [3.05, 3.63) is 82.6 Å². The van der Waals surface area contributed by atoms with Gasteiger partial charge >= 0.3 is 0 Å². The van der Waals surface area contributed by atoms with Crippen LogP contribution < -0.4 is 15.5 Å². The van der Waals surface area contributed by atoms with Crippen LogP contribution in [-0.2, 0) is 4.79 Å². The van der Waals surface area contributed by atoms with Gasteiger partial charge in [0.15, 0.2) is 6.10 Å². The fraction of sp³-hybridized carbons (Fsp3) is 0.182. The lowest BCUT2D eigenvalue weighted by molar-refractivity contribution is -0.122. The average molecular weight is 412 g/mol. The standard InChI is InChI=1S/C22H22ClN3O3/c1-14-8-9-15(2)26(14)25-22(28)17-10-12-18(13-11-17)29-16(3)21(27)24-20-7-5-4-6-19(20)23/h4-13,16H,1-3H3,(H,24,27)(H,25,28). The molecule has 0 aliphatic rings. The molecular formula is C22H22ClN3O3. The van der Waals surface area contributed by atoms with E-state index in [1.165, 1.54) is 0 Å². The summed E-state index contributed by atoms with van der Waals surface area (Å²) in [6, 6.07) is 17.5. The number of anilines is 1. The molecule has 1 unspecified atom stereocenters. The summed E-state index contributed by atoms with van der Waals surface area (Å²) in [5.74, 6) is -0.0707. The van der Waals surface area contributed by atoms with Crippen LogP contribution in [0.2, 0.25) is 5.02 Å². The monoisotopic (exact) mass is 411 g/mol. The molecule has 1 heterocycles. The van der Waals surface area contributed by atoms with Gasteiger partial charge in [0, 0.05) is 17.0 Å². The molecule has 0 saturated heterocycles. The fourth-order valence-corrected chi connectivity index (χ4v) is 2.93. The minimum absolute atomic E-state index is 0.233. The second kappa shape index (κ2) is 8.84. The molecule has 0 aliphatic heterocycles. The summed E-state index contributed by atoms with van der Waals surface area (Å²) in [4.78, 5) is 24.8. The first-order valence-corrected chi connectivity index (χ1v) is 9.51. The lowest BCUT2D eigenvalue weighted by atomic mass is 10.2. The number of nitrogens with one attached hydrogen (secondary N) is 2. The molecule has 2 amide bonds. The van der Waals surface area contributed by atoms with Crippen molar-refractivity contribution < 1.29 is 14.3 Å². The van der Waals surface area contributed by atoms with Gasteiger partial charge in [0.1, 0.15) is 5.75 Å². The van der Waals surface area contributed by atoms with E-state index in [1.54, 1.807) is 60.1 Å². The van der Waals surface area contributed by atoms with Crippen molar-refractivity contribution in [3.63, 3.8) is 0 Å². The number of amides is 2. The highest BCUT2D eigenvalue weighted by atomic mass is 35.5. The van der Waals surface area contributed by atoms with E-state index in [0.29, 0.717) is 22.0 Å². The van der Waals surface area contributed by atoms with E-state index in [0.717, 1.165) is 11.4 Å². The third-order valence-electron chi connectivity index (χ3n) is 4.41. The van der Waals surface area contributed by atoms with Gasteiger partial charge in [-0.2, -0.15) is 0 Å². The number of carbonyl (C=O) groups is 2. The summed E-state index contributed by atoms with van der Waals surface area (Å²) in [5.41, 5.74) is 5.73. The Morgan fingerprint density at radius 2 is 1.59 bits per heavy atom. The molecular weight excluding hydrogens is 390 g/mol. The summed E-state index contributed by atoms with van der Waals surface area (Å²) in [7, 11) is 0. The largest absolute Gasteiger partial charge is 0.481 e. The van der Waals surface area contributed by atoms with E-state index >= 15 is 0 Å². The Bertz CT molecular complexity index is 1010. The number of halogens is 1. The number of rotatable bonds is 6. The topological polar surface area (TPSA) is 72.4 Å². The van der Waals surface area contributed by atoms with Gasteiger partial charge in [-0.3, -0.25) is 19.7 Å². The highest BCUT2D eigenvalue weighted by Crippen LogP contribution is 2.21. The maximum atomic E-state index is 12.4.